The number of methoxy groups -OCH3 is 2. The van der Waals surface area contributed by atoms with E-state index in [1.807, 2.05) is 0 Å². The first-order valence-corrected chi connectivity index (χ1v) is 10.7. The molecule has 0 unspecified atom stereocenters. The molecular formula is C23H28N2O6. The number of carbonyl (C=O) groups is 4. The van der Waals surface area contributed by atoms with Crippen molar-refractivity contribution in [3.63, 3.8) is 0 Å². The van der Waals surface area contributed by atoms with Crippen molar-refractivity contribution in [3.05, 3.63) is 29.3 Å². The molecule has 8 nitrogen and oxygen atoms in total. The van der Waals surface area contributed by atoms with Crippen LogP contribution in [0.1, 0.15) is 59.2 Å². The van der Waals surface area contributed by atoms with Crippen molar-refractivity contribution < 1.29 is 28.7 Å². The minimum absolute atomic E-state index is 0.0275. The van der Waals surface area contributed by atoms with E-state index in [0.717, 1.165) is 19.3 Å². The second-order valence-corrected chi connectivity index (χ2v) is 9.21. The van der Waals surface area contributed by atoms with E-state index < -0.39 is 17.8 Å². The first-order chi connectivity index (χ1) is 14.8. The van der Waals surface area contributed by atoms with E-state index >= 15 is 0 Å². The summed E-state index contributed by atoms with van der Waals surface area (Å²) in [5, 5.41) is 5.46. The fraction of sp³-hybridized carbons (Fsp3) is 0.565. The number of nitrogens with one attached hydrogen (secondary N) is 2. The molecule has 0 saturated heterocycles. The van der Waals surface area contributed by atoms with Gasteiger partial charge < -0.3 is 20.1 Å². The van der Waals surface area contributed by atoms with Crippen molar-refractivity contribution in [2.24, 2.45) is 23.2 Å². The Morgan fingerprint density at radius 1 is 0.871 bits per heavy atom. The summed E-state index contributed by atoms with van der Waals surface area (Å²) in [7, 11) is 2.46. The van der Waals surface area contributed by atoms with E-state index in [1.54, 1.807) is 0 Å². The van der Waals surface area contributed by atoms with Gasteiger partial charge in [-0.1, -0.05) is 0 Å². The molecule has 1 aromatic carbocycles. The number of anilines is 1. The van der Waals surface area contributed by atoms with Gasteiger partial charge in [-0.05, 0) is 74.5 Å². The molecule has 4 aliphatic rings. The van der Waals surface area contributed by atoms with Crippen molar-refractivity contribution in [1.82, 2.24) is 5.32 Å². The monoisotopic (exact) mass is 428 g/mol. The lowest BCUT2D eigenvalue weighted by Crippen LogP contribution is -2.54. The lowest BCUT2D eigenvalue weighted by atomic mass is 9.49. The normalized spacial score (nSPS) is 28.0. The smallest absolute Gasteiger partial charge is 0.337 e. The van der Waals surface area contributed by atoms with Crippen LogP contribution in [0.4, 0.5) is 5.69 Å². The predicted octanol–water partition coefficient (Wildman–Crippen LogP) is 2.53. The lowest BCUT2D eigenvalue weighted by molar-refractivity contribution is -0.146. The van der Waals surface area contributed by atoms with Crippen molar-refractivity contribution in [3.8, 4) is 0 Å². The highest BCUT2D eigenvalue weighted by atomic mass is 16.5. The van der Waals surface area contributed by atoms with Gasteiger partial charge in [0.15, 0.2) is 0 Å². The summed E-state index contributed by atoms with van der Waals surface area (Å²) in [4.78, 5) is 49.3. The zero-order valence-electron chi connectivity index (χ0n) is 17.9. The van der Waals surface area contributed by atoms with Gasteiger partial charge in [-0.25, -0.2) is 9.59 Å². The minimum Gasteiger partial charge on any atom is -0.465 e. The molecule has 0 radical (unpaired) electrons. The van der Waals surface area contributed by atoms with Crippen LogP contribution >= 0.6 is 0 Å². The molecule has 4 saturated carbocycles. The number of ether oxygens (including phenoxy) is 2. The summed E-state index contributed by atoms with van der Waals surface area (Å²) >= 11 is 0. The molecule has 2 N–H and O–H groups in total. The van der Waals surface area contributed by atoms with E-state index in [0.29, 0.717) is 17.8 Å². The molecule has 2 amide bonds. The molecule has 0 spiro atoms. The van der Waals surface area contributed by atoms with Gasteiger partial charge in [-0.3, -0.25) is 9.59 Å². The van der Waals surface area contributed by atoms with Crippen LogP contribution in [0, 0.1) is 23.2 Å². The van der Waals surface area contributed by atoms with Crippen molar-refractivity contribution in [2.45, 2.75) is 38.5 Å². The van der Waals surface area contributed by atoms with Gasteiger partial charge in [-0.15, -0.1) is 0 Å². The molecule has 0 atom stereocenters. The van der Waals surface area contributed by atoms with Gasteiger partial charge in [0.2, 0.25) is 11.8 Å². The van der Waals surface area contributed by atoms with Crippen LogP contribution in [0.2, 0.25) is 0 Å². The zero-order valence-corrected chi connectivity index (χ0v) is 17.9. The third kappa shape index (κ3) is 4.29. The van der Waals surface area contributed by atoms with E-state index in [-0.39, 0.29) is 34.7 Å². The first-order valence-electron chi connectivity index (χ1n) is 10.7. The van der Waals surface area contributed by atoms with Crippen LogP contribution in [0.3, 0.4) is 0 Å². The highest BCUT2D eigenvalue weighted by Gasteiger charge is 2.54. The van der Waals surface area contributed by atoms with E-state index in [1.165, 1.54) is 51.7 Å². The average molecular weight is 428 g/mol. The fourth-order valence-corrected chi connectivity index (χ4v) is 6.11. The number of benzene rings is 1. The van der Waals surface area contributed by atoms with E-state index in [4.69, 9.17) is 9.47 Å². The SMILES string of the molecule is COC(=O)c1cc(NC(=O)CNC(=O)C23CC4CC(CC(C4)C2)C3)cc(C(=O)OC)c1. The number of hydrogen-bond donors (Lipinski definition) is 2. The maximum absolute atomic E-state index is 13.0. The molecule has 4 aliphatic carbocycles. The second-order valence-electron chi connectivity index (χ2n) is 9.21. The molecule has 166 valence electrons. The van der Waals surface area contributed by atoms with Crippen molar-refractivity contribution in [1.29, 1.82) is 0 Å². The summed E-state index contributed by atoms with van der Waals surface area (Å²) in [5.41, 5.74) is 0.145. The summed E-state index contributed by atoms with van der Waals surface area (Å²) < 4.78 is 9.40. The molecule has 0 heterocycles. The Hall–Kier alpha value is -2.90. The Balaban J connectivity index is 1.40. The Labute approximate surface area is 181 Å². The number of carbonyl (C=O) groups excluding carboxylic acids is 4. The van der Waals surface area contributed by atoms with Crippen LogP contribution in [-0.2, 0) is 19.1 Å². The van der Waals surface area contributed by atoms with Gasteiger partial charge in [0.25, 0.3) is 0 Å². The Morgan fingerprint density at radius 2 is 1.35 bits per heavy atom. The third-order valence-electron chi connectivity index (χ3n) is 6.99. The van der Waals surface area contributed by atoms with Crippen LogP contribution in [0.5, 0.6) is 0 Å². The van der Waals surface area contributed by atoms with Crippen LogP contribution in [-0.4, -0.2) is 44.5 Å². The predicted molar refractivity (Wildman–Crippen MR) is 111 cm³/mol. The summed E-state index contributed by atoms with van der Waals surface area (Å²) in [6.45, 7) is -0.170. The highest BCUT2D eigenvalue weighted by Crippen LogP contribution is 2.60. The second kappa shape index (κ2) is 8.32. The highest BCUT2D eigenvalue weighted by molar-refractivity contribution is 6.00. The van der Waals surface area contributed by atoms with Gasteiger partial charge in [0, 0.05) is 11.1 Å². The number of hydrogen-bond acceptors (Lipinski definition) is 6. The van der Waals surface area contributed by atoms with Crippen molar-refractivity contribution in [2.75, 3.05) is 26.1 Å². The van der Waals surface area contributed by atoms with Gasteiger partial charge >= 0.3 is 11.9 Å². The maximum atomic E-state index is 13.0. The number of rotatable bonds is 6. The van der Waals surface area contributed by atoms with Crippen LogP contribution in [0.25, 0.3) is 0 Å². The summed E-state index contributed by atoms with van der Waals surface area (Å²) in [5.74, 6) is 0.180. The van der Waals surface area contributed by atoms with Crippen molar-refractivity contribution >= 4 is 29.4 Å². The molecule has 0 aromatic heterocycles. The molecule has 8 heteroatoms. The average Bonchev–Trinajstić information content (AvgIpc) is 2.75. The third-order valence-corrected chi connectivity index (χ3v) is 6.99. The maximum Gasteiger partial charge on any atom is 0.337 e. The molecule has 4 fully saturated rings. The van der Waals surface area contributed by atoms with Crippen LogP contribution in [0.15, 0.2) is 18.2 Å². The summed E-state index contributed by atoms with van der Waals surface area (Å²) in [6.07, 6.45) is 6.51. The lowest BCUT2D eigenvalue weighted by Gasteiger charge is -2.55. The van der Waals surface area contributed by atoms with Gasteiger partial charge in [0.1, 0.15) is 0 Å². The zero-order chi connectivity index (χ0) is 22.2. The fourth-order valence-electron chi connectivity index (χ4n) is 6.11. The Morgan fingerprint density at radius 3 is 1.81 bits per heavy atom. The molecule has 5 rings (SSSR count). The van der Waals surface area contributed by atoms with Gasteiger partial charge in [0.05, 0.1) is 31.9 Å². The number of esters is 2. The Kier molecular flexibility index (Phi) is 5.73. The summed E-state index contributed by atoms with van der Waals surface area (Å²) in [6, 6.07) is 4.16. The van der Waals surface area contributed by atoms with Crippen LogP contribution < -0.4 is 10.6 Å². The Bertz CT molecular complexity index is 855. The molecule has 31 heavy (non-hydrogen) atoms. The standard InChI is InChI=1S/C23H28N2O6/c1-30-20(27)16-6-17(21(28)31-2)8-18(7-16)25-19(26)12-24-22(29)23-9-13-3-14(10-23)5-15(4-13)11-23/h6-8,13-15H,3-5,9-12H2,1-2H3,(H,24,29)(H,25,26). The quantitative estimate of drug-likeness (QED) is 0.674. The molecule has 4 bridgehead atoms. The minimum atomic E-state index is -0.642. The van der Waals surface area contributed by atoms with E-state index in [2.05, 4.69) is 10.6 Å². The molecule has 0 aliphatic heterocycles. The largest absolute Gasteiger partial charge is 0.465 e. The topological polar surface area (TPSA) is 111 Å². The van der Waals surface area contributed by atoms with Gasteiger partial charge in [-0.2, -0.15) is 0 Å². The molecular weight excluding hydrogens is 400 g/mol. The number of amides is 2. The van der Waals surface area contributed by atoms with E-state index in [9.17, 15) is 19.2 Å². The first kappa shape index (κ1) is 21.3. The molecule has 1 aromatic rings.